The molecule has 1 saturated heterocycles. The van der Waals surface area contributed by atoms with E-state index in [0.29, 0.717) is 6.10 Å². The Morgan fingerprint density at radius 1 is 1.57 bits per heavy atom. The molecule has 0 aromatic carbocycles. The van der Waals surface area contributed by atoms with Crippen LogP contribution in [0.15, 0.2) is 0 Å². The average Bonchev–Trinajstić information content (AvgIpc) is 1.23. The Hall–Kier alpha value is -0.0400. The lowest BCUT2D eigenvalue weighted by Gasteiger charge is -2.29. The molecule has 1 aliphatic rings. The smallest absolute Gasteiger partial charge is 0.0654 e. The Kier molecular flexibility index (Phi) is 1.33. The van der Waals surface area contributed by atoms with E-state index in [1.807, 2.05) is 0 Å². The van der Waals surface area contributed by atoms with Crippen molar-refractivity contribution >= 4 is 0 Å². The molecular weight excluding hydrogens is 88.1 g/mol. The molecule has 0 spiro atoms. The van der Waals surface area contributed by atoms with Gasteiger partial charge in [-0.25, -0.2) is 0 Å². The van der Waals surface area contributed by atoms with Gasteiger partial charge < -0.3 is 4.74 Å². The highest BCUT2D eigenvalue weighted by Gasteiger charge is 2.21. The lowest BCUT2D eigenvalue weighted by Crippen LogP contribution is -2.30. The van der Waals surface area contributed by atoms with Crippen LogP contribution in [0.5, 0.6) is 0 Å². The summed E-state index contributed by atoms with van der Waals surface area (Å²) < 4.78 is 5.16. The second kappa shape index (κ2) is 1.83. The van der Waals surface area contributed by atoms with Crippen LogP contribution in [0.2, 0.25) is 0 Å². The van der Waals surface area contributed by atoms with Gasteiger partial charge in [-0.3, -0.25) is 0 Å². The third-order valence-electron chi connectivity index (χ3n) is 1.34. The first-order chi connectivity index (χ1) is 3.30. The fourth-order valence-electron chi connectivity index (χ4n) is 0.691. The quantitative estimate of drug-likeness (QED) is 0.482. The molecule has 41 valence electrons. The summed E-state index contributed by atoms with van der Waals surface area (Å²) in [6.45, 7) is 5.20. The second-order valence-corrected chi connectivity index (χ2v) is 2.23. The van der Waals surface area contributed by atoms with Crippen LogP contribution in [0.25, 0.3) is 0 Å². The first-order valence-corrected chi connectivity index (χ1v) is 2.72. The van der Waals surface area contributed by atoms with Gasteiger partial charge in [0.1, 0.15) is 0 Å². The zero-order chi connectivity index (χ0) is 5.28. The lowest BCUT2D eigenvalue weighted by atomic mass is 10.0. The van der Waals surface area contributed by atoms with Crippen LogP contribution >= 0.6 is 0 Å². The van der Waals surface area contributed by atoms with E-state index in [9.17, 15) is 0 Å². The Balaban J connectivity index is 2.14. The molecular formula is C6H11O. The lowest BCUT2D eigenvalue weighted by molar-refractivity contribution is -0.0390. The van der Waals surface area contributed by atoms with Gasteiger partial charge in [-0.05, 0) is 12.3 Å². The van der Waals surface area contributed by atoms with Crippen LogP contribution in [-0.2, 0) is 4.74 Å². The summed E-state index contributed by atoms with van der Waals surface area (Å²) >= 11 is 0. The normalized spacial score (nSPS) is 30.4. The summed E-state index contributed by atoms with van der Waals surface area (Å²) in [7, 11) is 0. The number of hydrogen-bond acceptors (Lipinski definition) is 1. The molecule has 0 bridgehead atoms. The van der Waals surface area contributed by atoms with Crippen LogP contribution < -0.4 is 0 Å². The maximum Gasteiger partial charge on any atom is 0.0654 e. The van der Waals surface area contributed by atoms with E-state index in [4.69, 9.17) is 4.74 Å². The van der Waals surface area contributed by atoms with Crippen LogP contribution in [0, 0.1) is 5.92 Å². The van der Waals surface area contributed by atoms with Crippen molar-refractivity contribution in [3.8, 4) is 0 Å². The van der Waals surface area contributed by atoms with Gasteiger partial charge in [-0.2, -0.15) is 0 Å². The van der Waals surface area contributed by atoms with Crippen LogP contribution in [0.1, 0.15) is 20.3 Å². The molecule has 0 aliphatic carbocycles. The number of ether oxygens (including phenoxy) is 1. The fraction of sp³-hybridized carbons (Fsp3) is 0.833. The largest absolute Gasteiger partial charge is 0.377 e. The maximum absolute atomic E-state index is 5.16. The highest BCUT2D eigenvalue weighted by atomic mass is 16.5. The van der Waals surface area contributed by atoms with Gasteiger partial charge >= 0.3 is 0 Å². The zero-order valence-corrected chi connectivity index (χ0v) is 4.90. The van der Waals surface area contributed by atoms with Crippen molar-refractivity contribution in [1.29, 1.82) is 0 Å². The second-order valence-electron chi connectivity index (χ2n) is 2.23. The highest BCUT2D eigenvalue weighted by Crippen LogP contribution is 2.20. The maximum atomic E-state index is 5.16. The Bertz CT molecular complexity index is 55.2. The topological polar surface area (TPSA) is 9.23 Å². The summed E-state index contributed by atoms with van der Waals surface area (Å²) in [5.74, 6) is 1.41. The molecule has 1 atom stereocenters. The van der Waals surface area contributed by atoms with Crippen molar-refractivity contribution in [2.45, 2.75) is 26.4 Å². The molecule has 1 rings (SSSR count). The van der Waals surface area contributed by atoms with Gasteiger partial charge in [-0.15, -0.1) is 0 Å². The summed E-state index contributed by atoms with van der Waals surface area (Å²) in [6.07, 6.45) is 1.74. The van der Waals surface area contributed by atoms with Crippen molar-refractivity contribution < 1.29 is 4.74 Å². The van der Waals surface area contributed by atoms with Crippen LogP contribution in [0.3, 0.4) is 0 Å². The molecule has 1 radical (unpaired) electrons. The minimum absolute atomic E-state index is 0.500. The molecule has 0 saturated carbocycles. The molecule has 1 heterocycles. The summed E-state index contributed by atoms with van der Waals surface area (Å²) in [5.41, 5.74) is 0. The molecule has 1 heteroatoms. The molecule has 0 aromatic heterocycles. The SMILES string of the molecule is C[C](C)C1CCO1. The van der Waals surface area contributed by atoms with E-state index in [1.165, 1.54) is 12.3 Å². The van der Waals surface area contributed by atoms with E-state index in [-0.39, 0.29) is 0 Å². The zero-order valence-electron chi connectivity index (χ0n) is 4.90. The van der Waals surface area contributed by atoms with E-state index < -0.39 is 0 Å². The van der Waals surface area contributed by atoms with Gasteiger partial charge in [0, 0.05) is 6.61 Å². The van der Waals surface area contributed by atoms with E-state index in [0.717, 1.165) is 6.61 Å². The standard InChI is InChI=1S/C6H11O/c1-5(2)6-3-4-7-6/h6H,3-4H2,1-2H3. The Morgan fingerprint density at radius 3 is 2.14 bits per heavy atom. The molecule has 7 heavy (non-hydrogen) atoms. The predicted octanol–water partition coefficient (Wildman–Crippen LogP) is 1.39. The predicted molar refractivity (Wildman–Crippen MR) is 28.9 cm³/mol. The molecule has 0 aromatic rings. The Morgan fingerprint density at radius 2 is 2.14 bits per heavy atom. The van der Waals surface area contributed by atoms with Gasteiger partial charge in [0.2, 0.25) is 0 Å². The summed E-state index contributed by atoms with van der Waals surface area (Å²) in [4.78, 5) is 0. The van der Waals surface area contributed by atoms with Crippen molar-refractivity contribution in [2.75, 3.05) is 6.61 Å². The van der Waals surface area contributed by atoms with Gasteiger partial charge in [0.05, 0.1) is 6.10 Å². The van der Waals surface area contributed by atoms with Crippen molar-refractivity contribution in [3.63, 3.8) is 0 Å². The van der Waals surface area contributed by atoms with E-state index in [2.05, 4.69) is 13.8 Å². The fourth-order valence-corrected chi connectivity index (χ4v) is 0.691. The van der Waals surface area contributed by atoms with Crippen LogP contribution in [0.4, 0.5) is 0 Å². The summed E-state index contributed by atoms with van der Waals surface area (Å²) in [6, 6.07) is 0. The number of hydrogen-bond donors (Lipinski definition) is 0. The first-order valence-electron chi connectivity index (χ1n) is 2.72. The van der Waals surface area contributed by atoms with Crippen molar-refractivity contribution in [2.24, 2.45) is 0 Å². The van der Waals surface area contributed by atoms with E-state index >= 15 is 0 Å². The van der Waals surface area contributed by atoms with E-state index in [1.54, 1.807) is 0 Å². The molecule has 0 amide bonds. The molecule has 1 unspecified atom stereocenters. The average molecular weight is 99.2 g/mol. The third-order valence-corrected chi connectivity index (χ3v) is 1.34. The molecule has 1 aliphatic heterocycles. The van der Waals surface area contributed by atoms with Crippen molar-refractivity contribution in [3.05, 3.63) is 5.92 Å². The minimum Gasteiger partial charge on any atom is -0.377 e. The monoisotopic (exact) mass is 99.1 g/mol. The molecule has 1 fully saturated rings. The molecule has 1 nitrogen and oxygen atoms in total. The minimum atomic E-state index is 0.500. The van der Waals surface area contributed by atoms with Gasteiger partial charge in [-0.1, -0.05) is 13.8 Å². The summed E-state index contributed by atoms with van der Waals surface area (Å²) in [5, 5.41) is 0. The highest BCUT2D eigenvalue weighted by molar-refractivity contribution is 4.91. The number of rotatable bonds is 1. The third kappa shape index (κ3) is 0.942. The Labute approximate surface area is 44.7 Å². The van der Waals surface area contributed by atoms with Gasteiger partial charge in [0.25, 0.3) is 0 Å². The van der Waals surface area contributed by atoms with Gasteiger partial charge in [0.15, 0.2) is 0 Å². The first kappa shape index (κ1) is 5.10. The molecule has 0 N–H and O–H groups in total. The van der Waals surface area contributed by atoms with Crippen LogP contribution in [-0.4, -0.2) is 12.7 Å². The van der Waals surface area contributed by atoms with Crippen molar-refractivity contribution in [1.82, 2.24) is 0 Å².